The van der Waals surface area contributed by atoms with Gasteiger partial charge in [-0.2, -0.15) is 0 Å². The summed E-state index contributed by atoms with van der Waals surface area (Å²) in [7, 11) is 0. The SMILES string of the molecule is CC(N)CCCC(=O)NC(Cn1ccnc1)C(C)(C)C. The Bertz CT molecular complexity index is 393. The van der Waals surface area contributed by atoms with Crippen LogP contribution in [0.25, 0.3) is 0 Å². The molecule has 0 aliphatic heterocycles. The molecule has 114 valence electrons. The van der Waals surface area contributed by atoms with Gasteiger partial charge in [0.25, 0.3) is 0 Å². The average molecular weight is 280 g/mol. The Morgan fingerprint density at radius 1 is 1.45 bits per heavy atom. The lowest BCUT2D eigenvalue weighted by atomic mass is 9.86. The highest BCUT2D eigenvalue weighted by atomic mass is 16.1. The van der Waals surface area contributed by atoms with Gasteiger partial charge in [-0.05, 0) is 25.2 Å². The van der Waals surface area contributed by atoms with E-state index in [0.717, 1.165) is 19.4 Å². The number of imidazole rings is 1. The zero-order chi connectivity index (χ0) is 15.2. The molecule has 2 unspecified atom stereocenters. The van der Waals surface area contributed by atoms with Gasteiger partial charge in [0.2, 0.25) is 5.91 Å². The van der Waals surface area contributed by atoms with E-state index in [9.17, 15) is 4.79 Å². The number of nitrogens with one attached hydrogen (secondary N) is 1. The normalized spacial score (nSPS) is 14.8. The molecule has 1 rings (SSSR count). The van der Waals surface area contributed by atoms with Gasteiger partial charge in [-0.3, -0.25) is 4.79 Å². The van der Waals surface area contributed by atoms with Gasteiger partial charge in [-0.1, -0.05) is 20.8 Å². The first-order valence-electron chi connectivity index (χ1n) is 7.29. The molecule has 0 spiro atoms. The van der Waals surface area contributed by atoms with Crippen LogP contribution in [0.2, 0.25) is 0 Å². The lowest BCUT2D eigenvalue weighted by molar-refractivity contribution is -0.122. The lowest BCUT2D eigenvalue weighted by Gasteiger charge is -2.32. The smallest absolute Gasteiger partial charge is 0.220 e. The maximum absolute atomic E-state index is 12.0. The second-order valence-corrected chi connectivity index (χ2v) is 6.62. The fraction of sp³-hybridized carbons (Fsp3) is 0.733. The minimum atomic E-state index is 0.00108. The van der Waals surface area contributed by atoms with Crippen LogP contribution in [0.3, 0.4) is 0 Å². The van der Waals surface area contributed by atoms with Crippen molar-refractivity contribution in [1.29, 1.82) is 0 Å². The Balaban J connectivity index is 2.50. The summed E-state index contributed by atoms with van der Waals surface area (Å²) in [5.41, 5.74) is 5.70. The molecule has 3 N–H and O–H groups in total. The van der Waals surface area contributed by atoms with E-state index in [1.54, 1.807) is 12.5 Å². The van der Waals surface area contributed by atoms with Crippen LogP contribution in [-0.4, -0.2) is 27.5 Å². The van der Waals surface area contributed by atoms with E-state index in [4.69, 9.17) is 5.73 Å². The van der Waals surface area contributed by atoms with Crippen molar-refractivity contribution in [3.8, 4) is 0 Å². The molecule has 0 aliphatic rings. The van der Waals surface area contributed by atoms with Crippen molar-refractivity contribution >= 4 is 5.91 Å². The zero-order valence-corrected chi connectivity index (χ0v) is 13.1. The monoisotopic (exact) mass is 280 g/mol. The first kappa shape index (κ1) is 16.7. The van der Waals surface area contributed by atoms with Crippen molar-refractivity contribution in [2.75, 3.05) is 0 Å². The number of aromatic nitrogens is 2. The van der Waals surface area contributed by atoms with Gasteiger partial charge in [-0.25, -0.2) is 4.98 Å². The molecule has 1 amide bonds. The number of nitrogens with two attached hydrogens (primary N) is 1. The quantitative estimate of drug-likeness (QED) is 0.801. The summed E-state index contributed by atoms with van der Waals surface area (Å²) < 4.78 is 2.00. The third-order valence-corrected chi connectivity index (χ3v) is 3.40. The topological polar surface area (TPSA) is 72.9 Å². The predicted octanol–water partition coefficient (Wildman–Crippen LogP) is 1.93. The highest BCUT2D eigenvalue weighted by Crippen LogP contribution is 2.21. The van der Waals surface area contributed by atoms with E-state index in [0.29, 0.717) is 6.42 Å². The third kappa shape index (κ3) is 6.19. The van der Waals surface area contributed by atoms with E-state index in [1.165, 1.54) is 0 Å². The molecule has 0 bridgehead atoms. The highest BCUT2D eigenvalue weighted by molar-refractivity contribution is 5.76. The molecule has 0 saturated carbocycles. The van der Waals surface area contributed by atoms with Crippen molar-refractivity contribution in [2.45, 2.75) is 65.6 Å². The number of amides is 1. The number of carbonyl (C=O) groups is 1. The van der Waals surface area contributed by atoms with Crippen LogP contribution in [0, 0.1) is 5.41 Å². The fourth-order valence-electron chi connectivity index (χ4n) is 1.99. The van der Waals surface area contributed by atoms with Crippen LogP contribution in [0.15, 0.2) is 18.7 Å². The van der Waals surface area contributed by atoms with Crippen LogP contribution in [0.4, 0.5) is 0 Å². The van der Waals surface area contributed by atoms with E-state index >= 15 is 0 Å². The summed E-state index contributed by atoms with van der Waals surface area (Å²) >= 11 is 0. The number of rotatable bonds is 7. The molecule has 1 heterocycles. The van der Waals surface area contributed by atoms with Gasteiger partial charge >= 0.3 is 0 Å². The van der Waals surface area contributed by atoms with E-state index in [2.05, 4.69) is 31.1 Å². The van der Waals surface area contributed by atoms with Crippen LogP contribution in [0.1, 0.15) is 47.0 Å². The summed E-state index contributed by atoms with van der Waals surface area (Å²) in [6, 6.07) is 0.242. The molecule has 0 saturated heterocycles. The Morgan fingerprint density at radius 3 is 2.65 bits per heavy atom. The number of hydrogen-bond donors (Lipinski definition) is 2. The minimum Gasteiger partial charge on any atom is -0.351 e. The molecular formula is C15H28N4O. The maximum Gasteiger partial charge on any atom is 0.220 e. The van der Waals surface area contributed by atoms with Crippen LogP contribution in [-0.2, 0) is 11.3 Å². The summed E-state index contributed by atoms with van der Waals surface area (Å²) in [5.74, 6) is 0.102. The summed E-state index contributed by atoms with van der Waals surface area (Å²) in [4.78, 5) is 16.1. The molecule has 2 atom stereocenters. The summed E-state index contributed by atoms with van der Waals surface area (Å²) in [6.45, 7) is 9.11. The second-order valence-electron chi connectivity index (χ2n) is 6.62. The molecule has 0 radical (unpaired) electrons. The van der Waals surface area contributed by atoms with E-state index in [1.807, 2.05) is 17.7 Å². The third-order valence-electron chi connectivity index (χ3n) is 3.40. The Labute approximate surface area is 122 Å². The average Bonchev–Trinajstić information content (AvgIpc) is 2.79. The van der Waals surface area contributed by atoms with Gasteiger partial charge in [0.1, 0.15) is 0 Å². The van der Waals surface area contributed by atoms with Crippen molar-refractivity contribution in [2.24, 2.45) is 11.1 Å². The Hall–Kier alpha value is -1.36. The summed E-state index contributed by atoms with van der Waals surface area (Å²) in [5, 5.41) is 3.14. The molecule has 20 heavy (non-hydrogen) atoms. The molecule has 1 aromatic heterocycles. The van der Waals surface area contributed by atoms with Crippen molar-refractivity contribution in [3.05, 3.63) is 18.7 Å². The molecule has 5 nitrogen and oxygen atoms in total. The number of nitrogens with zero attached hydrogens (tertiary/aromatic N) is 2. The van der Waals surface area contributed by atoms with E-state index < -0.39 is 0 Å². The fourth-order valence-corrected chi connectivity index (χ4v) is 1.99. The van der Waals surface area contributed by atoms with Crippen LogP contribution >= 0.6 is 0 Å². The van der Waals surface area contributed by atoms with Gasteiger partial charge in [-0.15, -0.1) is 0 Å². The van der Waals surface area contributed by atoms with Crippen LogP contribution < -0.4 is 11.1 Å². The second kappa shape index (κ2) is 7.43. The maximum atomic E-state index is 12.0. The largest absolute Gasteiger partial charge is 0.351 e. The first-order valence-corrected chi connectivity index (χ1v) is 7.29. The Kier molecular flexibility index (Phi) is 6.20. The molecular weight excluding hydrogens is 252 g/mol. The predicted molar refractivity (Wildman–Crippen MR) is 81.1 cm³/mol. The van der Waals surface area contributed by atoms with Crippen molar-refractivity contribution < 1.29 is 4.79 Å². The molecule has 1 aromatic rings. The summed E-state index contributed by atoms with van der Waals surface area (Å²) in [6.07, 6.45) is 7.71. The lowest BCUT2D eigenvalue weighted by Crippen LogP contribution is -2.46. The molecule has 0 aliphatic carbocycles. The van der Waals surface area contributed by atoms with E-state index in [-0.39, 0.29) is 23.4 Å². The molecule has 0 aromatic carbocycles. The number of hydrogen-bond acceptors (Lipinski definition) is 3. The first-order chi connectivity index (χ1) is 9.29. The molecule has 5 heteroatoms. The Morgan fingerprint density at radius 2 is 2.15 bits per heavy atom. The molecule has 0 fully saturated rings. The number of carbonyl (C=O) groups excluding carboxylic acids is 1. The standard InChI is InChI=1S/C15H28N4O/c1-12(16)6-5-7-14(20)18-13(15(2,3)4)10-19-9-8-17-11-19/h8-9,11-13H,5-7,10,16H2,1-4H3,(H,18,20). The van der Waals surface area contributed by atoms with Crippen molar-refractivity contribution in [3.63, 3.8) is 0 Å². The van der Waals surface area contributed by atoms with Gasteiger partial charge in [0.15, 0.2) is 0 Å². The van der Waals surface area contributed by atoms with Crippen molar-refractivity contribution in [1.82, 2.24) is 14.9 Å². The highest BCUT2D eigenvalue weighted by Gasteiger charge is 2.26. The minimum absolute atomic E-state index is 0.00108. The van der Waals surface area contributed by atoms with Gasteiger partial charge < -0.3 is 15.6 Å². The van der Waals surface area contributed by atoms with Gasteiger partial charge in [0.05, 0.1) is 12.4 Å². The zero-order valence-electron chi connectivity index (χ0n) is 13.1. The van der Waals surface area contributed by atoms with Crippen LogP contribution in [0.5, 0.6) is 0 Å². The van der Waals surface area contributed by atoms with Gasteiger partial charge in [0, 0.05) is 31.4 Å².